The Morgan fingerprint density at radius 1 is 0.839 bits per heavy atom. The Bertz CT molecular complexity index is 1050. The van der Waals surface area contributed by atoms with Gasteiger partial charge in [0.1, 0.15) is 11.5 Å². The molecule has 0 aliphatic heterocycles. The predicted molar refractivity (Wildman–Crippen MR) is 116 cm³/mol. The van der Waals surface area contributed by atoms with E-state index in [1.165, 1.54) is 21.3 Å². The average Bonchev–Trinajstić information content (AvgIpc) is 3.16. The van der Waals surface area contributed by atoms with Crippen molar-refractivity contribution in [3.63, 3.8) is 0 Å². The summed E-state index contributed by atoms with van der Waals surface area (Å²) in [4.78, 5) is 12.9. The normalized spacial score (nSPS) is 10.4. The van der Waals surface area contributed by atoms with Crippen molar-refractivity contribution in [1.29, 1.82) is 0 Å². The molecule has 0 atom stereocenters. The third-order valence-corrected chi connectivity index (χ3v) is 4.75. The highest BCUT2D eigenvalue weighted by atomic mass is 16.5. The summed E-state index contributed by atoms with van der Waals surface area (Å²) in [6.45, 7) is 1.86. The van der Waals surface area contributed by atoms with Crippen LogP contribution in [0.3, 0.4) is 0 Å². The lowest BCUT2D eigenvalue weighted by atomic mass is 10.0. The SMILES string of the molecule is COc1cc(OC)cc(C(=O)Nc2n[nH]c(C)c2-c2cc(OC)c(OC)c(OC)c2)c1. The summed E-state index contributed by atoms with van der Waals surface area (Å²) >= 11 is 0. The summed E-state index contributed by atoms with van der Waals surface area (Å²) in [5.41, 5.74) is 2.56. The fourth-order valence-electron chi connectivity index (χ4n) is 3.22. The Morgan fingerprint density at radius 3 is 1.90 bits per heavy atom. The number of nitrogens with zero attached hydrogens (tertiary/aromatic N) is 1. The van der Waals surface area contributed by atoms with E-state index in [0.717, 1.165) is 11.3 Å². The van der Waals surface area contributed by atoms with E-state index in [1.54, 1.807) is 44.6 Å². The zero-order valence-corrected chi connectivity index (χ0v) is 18.3. The lowest BCUT2D eigenvalue weighted by molar-refractivity contribution is 0.102. The lowest BCUT2D eigenvalue weighted by Gasteiger charge is -2.15. The third-order valence-electron chi connectivity index (χ3n) is 4.75. The first kappa shape index (κ1) is 21.8. The lowest BCUT2D eigenvalue weighted by Crippen LogP contribution is -2.13. The zero-order chi connectivity index (χ0) is 22.5. The molecule has 0 radical (unpaired) electrons. The maximum atomic E-state index is 12.9. The molecule has 2 N–H and O–H groups in total. The van der Waals surface area contributed by atoms with Gasteiger partial charge in [0.15, 0.2) is 17.3 Å². The fraction of sp³-hybridized carbons (Fsp3) is 0.273. The number of ether oxygens (including phenoxy) is 5. The molecule has 0 unspecified atom stereocenters. The van der Waals surface area contributed by atoms with E-state index in [9.17, 15) is 4.79 Å². The molecule has 0 fully saturated rings. The van der Waals surface area contributed by atoms with Crippen LogP contribution in [0.15, 0.2) is 30.3 Å². The number of aromatic nitrogens is 2. The van der Waals surface area contributed by atoms with Crippen LogP contribution in [0.25, 0.3) is 11.1 Å². The quantitative estimate of drug-likeness (QED) is 0.565. The molecule has 164 valence electrons. The molecule has 9 heteroatoms. The van der Waals surface area contributed by atoms with Crippen molar-refractivity contribution >= 4 is 11.7 Å². The van der Waals surface area contributed by atoms with Gasteiger partial charge in [-0.2, -0.15) is 5.10 Å². The van der Waals surface area contributed by atoms with Crippen LogP contribution in [0.4, 0.5) is 5.82 Å². The summed E-state index contributed by atoms with van der Waals surface area (Å²) in [7, 11) is 7.67. The summed E-state index contributed by atoms with van der Waals surface area (Å²) < 4.78 is 26.8. The standard InChI is InChI=1S/C22H25N3O6/c1-12-19(13-9-17(29-4)20(31-6)18(10-13)30-5)21(25-24-12)23-22(26)14-7-15(27-2)11-16(8-14)28-3/h7-11H,1-6H3,(H2,23,24,25,26). The van der Waals surface area contributed by atoms with E-state index in [-0.39, 0.29) is 5.91 Å². The second kappa shape index (κ2) is 9.29. The predicted octanol–water partition coefficient (Wildman–Crippen LogP) is 3.68. The van der Waals surface area contributed by atoms with Gasteiger partial charge in [-0.05, 0) is 36.8 Å². The highest BCUT2D eigenvalue weighted by molar-refractivity contribution is 6.06. The Hall–Kier alpha value is -3.88. The van der Waals surface area contributed by atoms with Crippen molar-refractivity contribution < 1.29 is 28.5 Å². The van der Waals surface area contributed by atoms with Crippen LogP contribution in [0.2, 0.25) is 0 Å². The Morgan fingerprint density at radius 2 is 1.42 bits per heavy atom. The number of rotatable bonds is 8. The molecule has 31 heavy (non-hydrogen) atoms. The molecule has 1 amide bonds. The van der Waals surface area contributed by atoms with Crippen LogP contribution in [0, 0.1) is 6.92 Å². The molecule has 0 saturated carbocycles. The van der Waals surface area contributed by atoms with Gasteiger partial charge in [-0.25, -0.2) is 0 Å². The van der Waals surface area contributed by atoms with Crippen LogP contribution in [-0.2, 0) is 0 Å². The van der Waals surface area contributed by atoms with Crippen LogP contribution in [0.5, 0.6) is 28.7 Å². The number of hydrogen-bond donors (Lipinski definition) is 2. The number of carbonyl (C=O) groups is 1. The van der Waals surface area contributed by atoms with E-state index in [2.05, 4.69) is 15.5 Å². The number of aromatic amines is 1. The van der Waals surface area contributed by atoms with Gasteiger partial charge in [-0.3, -0.25) is 9.89 Å². The first-order valence-corrected chi connectivity index (χ1v) is 9.35. The molecule has 2 aromatic carbocycles. The minimum absolute atomic E-state index is 0.360. The molecular formula is C22H25N3O6. The minimum Gasteiger partial charge on any atom is -0.497 e. The first-order valence-electron chi connectivity index (χ1n) is 9.35. The number of methoxy groups -OCH3 is 5. The molecule has 3 rings (SSSR count). The van der Waals surface area contributed by atoms with Crippen LogP contribution in [-0.4, -0.2) is 51.7 Å². The molecule has 0 saturated heterocycles. The molecular weight excluding hydrogens is 402 g/mol. The van der Waals surface area contributed by atoms with E-state index in [1.807, 2.05) is 6.92 Å². The second-order valence-electron chi connectivity index (χ2n) is 6.54. The highest BCUT2D eigenvalue weighted by Crippen LogP contribution is 2.43. The van der Waals surface area contributed by atoms with E-state index < -0.39 is 0 Å². The topological polar surface area (TPSA) is 104 Å². The summed E-state index contributed by atoms with van der Waals surface area (Å²) in [5.74, 6) is 2.47. The van der Waals surface area contributed by atoms with Crippen LogP contribution < -0.4 is 29.0 Å². The molecule has 0 bridgehead atoms. The van der Waals surface area contributed by atoms with E-state index >= 15 is 0 Å². The van der Waals surface area contributed by atoms with Crippen molar-refractivity contribution in [3.05, 3.63) is 41.6 Å². The van der Waals surface area contributed by atoms with Crippen molar-refractivity contribution in [1.82, 2.24) is 10.2 Å². The Kier molecular flexibility index (Phi) is 6.54. The van der Waals surface area contributed by atoms with Gasteiger partial charge in [0.25, 0.3) is 5.91 Å². The van der Waals surface area contributed by atoms with Crippen molar-refractivity contribution in [2.45, 2.75) is 6.92 Å². The number of nitrogens with one attached hydrogen (secondary N) is 2. The number of anilines is 1. The van der Waals surface area contributed by atoms with Gasteiger partial charge < -0.3 is 29.0 Å². The minimum atomic E-state index is -0.364. The van der Waals surface area contributed by atoms with E-state index in [0.29, 0.717) is 45.7 Å². The monoisotopic (exact) mass is 427 g/mol. The number of carbonyl (C=O) groups excluding carboxylic acids is 1. The summed E-state index contributed by atoms with van der Waals surface area (Å²) in [5, 5.41) is 10.0. The maximum Gasteiger partial charge on any atom is 0.257 e. The molecule has 9 nitrogen and oxygen atoms in total. The second-order valence-corrected chi connectivity index (χ2v) is 6.54. The molecule has 0 aliphatic rings. The van der Waals surface area contributed by atoms with Gasteiger partial charge in [-0.1, -0.05) is 0 Å². The van der Waals surface area contributed by atoms with Gasteiger partial charge in [0, 0.05) is 22.9 Å². The van der Waals surface area contributed by atoms with Gasteiger partial charge in [-0.15, -0.1) is 0 Å². The van der Waals surface area contributed by atoms with Gasteiger partial charge >= 0.3 is 0 Å². The summed E-state index contributed by atoms with van der Waals surface area (Å²) in [6.07, 6.45) is 0. The molecule has 3 aromatic rings. The average molecular weight is 427 g/mol. The molecule has 1 heterocycles. The Balaban J connectivity index is 2.02. The number of benzene rings is 2. The number of aryl methyl sites for hydroxylation is 1. The fourth-order valence-corrected chi connectivity index (χ4v) is 3.22. The van der Waals surface area contributed by atoms with Crippen LogP contribution in [0.1, 0.15) is 16.1 Å². The van der Waals surface area contributed by atoms with Crippen molar-refractivity contribution in [3.8, 4) is 39.9 Å². The van der Waals surface area contributed by atoms with Crippen molar-refractivity contribution in [2.75, 3.05) is 40.9 Å². The zero-order valence-electron chi connectivity index (χ0n) is 18.3. The number of hydrogen-bond acceptors (Lipinski definition) is 7. The Labute approximate surface area is 180 Å². The van der Waals surface area contributed by atoms with Crippen LogP contribution >= 0.6 is 0 Å². The van der Waals surface area contributed by atoms with Gasteiger partial charge in [0.05, 0.1) is 35.5 Å². The first-order chi connectivity index (χ1) is 14.9. The van der Waals surface area contributed by atoms with Gasteiger partial charge in [0.2, 0.25) is 5.75 Å². The third kappa shape index (κ3) is 4.35. The largest absolute Gasteiger partial charge is 0.497 e. The van der Waals surface area contributed by atoms with Crippen molar-refractivity contribution in [2.24, 2.45) is 0 Å². The maximum absolute atomic E-state index is 12.9. The van der Waals surface area contributed by atoms with E-state index in [4.69, 9.17) is 23.7 Å². The smallest absolute Gasteiger partial charge is 0.257 e. The molecule has 0 aliphatic carbocycles. The molecule has 1 aromatic heterocycles. The highest BCUT2D eigenvalue weighted by Gasteiger charge is 2.21. The number of amides is 1. The number of H-pyrrole nitrogens is 1. The summed E-state index contributed by atoms with van der Waals surface area (Å²) in [6, 6.07) is 8.52. The molecule has 0 spiro atoms.